The number of Topliss-reactive ketones (excluding diaryl/α,β-unsaturated/α-hetero) is 1. The fraction of sp³-hybridized carbons (Fsp3) is 0.500. The van der Waals surface area contributed by atoms with Crippen LogP contribution in [0.2, 0.25) is 0 Å². The van der Waals surface area contributed by atoms with Gasteiger partial charge in [-0.3, -0.25) is 4.79 Å². The quantitative estimate of drug-likeness (QED) is 0.583. The number of halogens is 3. The van der Waals surface area contributed by atoms with Crippen molar-refractivity contribution in [1.82, 2.24) is 10.2 Å². The summed E-state index contributed by atoms with van der Waals surface area (Å²) < 4.78 is 39.2. The van der Waals surface area contributed by atoms with Crippen LogP contribution in [0.5, 0.6) is 0 Å². The SMILES string of the molecule is CCc1cc(C(F)(F)F)ccc1C(=O)CNC(C)[C@@]1(c2ccccc2)C[C@H](C)CN(C)C1. The number of likely N-dealkylation sites (N-methyl/N-ethyl adjacent to an activating group) is 1. The molecule has 32 heavy (non-hydrogen) atoms. The van der Waals surface area contributed by atoms with Crippen LogP contribution in [0.25, 0.3) is 0 Å². The number of nitrogens with zero attached hydrogens (tertiary/aromatic N) is 1. The van der Waals surface area contributed by atoms with E-state index < -0.39 is 11.7 Å². The number of ketones is 1. The Kier molecular flexibility index (Phi) is 7.46. The zero-order valence-corrected chi connectivity index (χ0v) is 19.3. The molecule has 1 aliphatic rings. The molecule has 0 bridgehead atoms. The lowest BCUT2D eigenvalue weighted by molar-refractivity contribution is -0.137. The monoisotopic (exact) mass is 446 g/mol. The zero-order valence-electron chi connectivity index (χ0n) is 19.3. The summed E-state index contributed by atoms with van der Waals surface area (Å²) in [5.41, 5.74) is 1.18. The Morgan fingerprint density at radius 2 is 1.91 bits per heavy atom. The summed E-state index contributed by atoms with van der Waals surface area (Å²) in [5.74, 6) is 0.332. The Bertz CT molecular complexity index is 916. The predicted molar refractivity (Wildman–Crippen MR) is 122 cm³/mol. The van der Waals surface area contributed by atoms with Gasteiger partial charge in [-0.15, -0.1) is 0 Å². The molecule has 0 radical (unpaired) electrons. The molecule has 6 heteroatoms. The number of likely N-dealkylation sites (tertiary alicyclic amines) is 1. The second kappa shape index (κ2) is 9.75. The largest absolute Gasteiger partial charge is 0.416 e. The fourth-order valence-electron chi connectivity index (χ4n) is 5.24. The van der Waals surface area contributed by atoms with E-state index in [1.165, 1.54) is 11.6 Å². The number of benzene rings is 2. The molecule has 0 saturated carbocycles. The first kappa shape index (κ1) is 24.5. The van der Waals surface area contributed by atoms with Crippen molar-refractivity contribution in [3.63, 3.8) is 0 Å². The molecule has 1 heterocycles. The minimum Gasteiger partial charge on any atom is -0.306 e. The van der Waals surface area contributed by atoms with Gasteiger partial charge in [-0.2, -0.15) is 13.2 Å². The lowest BCUT2D eigenvalue weighted by Crippen LogP contribution is -2.58. The number of nitrogens with one attached hydrogen (secondary N) is 1. The topological polar surface area (TPSA) is 32.3 Å². The van der Waals surface area contributed by atoms with Crippen LogP contribution >= 0.6 is 0 Å². The molecular weight excluding hydrogens is 413 g/mol. The fourth-order valence-corrected chi connectivity index (χ4v) is 5.24. The molecular formula is C26H33F3N2O. The first-order valence-electron chi connectivity index (χ1n) is 11.3. The number of carbonyl (C=O) groups is 1. The average Bonchev–Trinajstić information content (AvgIpc) is 2.75. The van der Waals surface area contributed by atoms with E-state index in [2.05, 4.69) is 43.2 Å². The number of aryl methyl sites for hydroxylation is 1. The predicted octanol–water partition coefficient (Wildman–Crippen LogP) is 5.34. The van der Waals surface area contributed by atoms with Gasteiger partial charge in [0.2, 0.25) is 0 Å². The van der Waals surface area contributed by atoms with E-state index in [4.69, 9.17) is 0 Å². The first-order valence-corrected chi connectivity index (χ1v) is 11.3. The van der Waals surface area contributed by atoms with Crippen LogP contribution in [0.3, 0.4) is 0 Å². The molecule has 1 aliphatic heterocycles. The third-order valence-electron chi connectivity index (χ3n) is 6.75. The van der Waals surface area contributed by atoms with Crippen molar-refractivity contribution < 1.29 is 18.0 Å². The van der Waals surface area contributed by atoms with Crippen LogP contribution in [-0.4, -0.2) is 43.4 Å². The van der Waals surface area contributed by atoms with Gasteiger partial charge in [-0.05, 0) is 56.0 Å². The van der Waals surface area contributed by atoms with Crippen molar-refractivity contribution in [2.45, 2.75) is 51.2 Å². The molecule has 3 nitrogen and oxygen atoms in total. The van der Waals surface area contributed by atoms with Crippen molar-refractivity contribution in [3.05, 3.63) is 70.8 Å². The molecule has 174 valence electrons. The van der Waals surface area contributed by atoms with E-state index in [-0.39, 0.29) is 23.8 Å². The van der Waals surface area contributed by atoms with Crippen molar-refractivity contribution in [2.75, 3.05) is 26.7 Å². The second-order valence-corrected chi connectivity index (χ2v) is 9.28. The summed E-state index contributed by atoms with van der Waals surface area (Å²) >= 11 is 0. The van der Waals surface area contributed by atoms with E-state index in [9.17, 15) is 18.0 Å². The van der Waals surface area contributed by atoms with Crippen molar-refractivity contribution >= 4 is 5.78 Å². The van der Waals surface area contributed by atoms with Crippen LogP contribution in [-0.2, 0) is 18.0 Å². The maximum Gasteiger partial charge on any atom is 0.416 e. The number of alkyl halides is 3. The Hall–Kier alpha value is -2.18. The maximum atomic E-state index is 13.1. The highest BCUT2D eigenvalue weighted by atomic mass is 19.4. The van der Waals surface area contributed by atoms with Gasteiger partial charge in [0.15, 0.2) is 5.78 Å². The minimum absolute atomic E-state index is 0.0126. The Morgan fingerprint density at radius 3 is 2.50 bits per heavy atom. The summed E-state index contributed by atoms with van der Waals surface area (Å²) in [4.78, 5) is 15.3. The summed E-state index contributed by atoms with van der Waals surface area (Å²) in [5, 5.41) is 3.43. The number of hydrogen-bond donors (Lipinski definition) is 1. The third kappa shape index (κ3) is 5.24. The molecule has 2 aromatic rings. The average molecular weight is 447 g/mol. The number of piperidine rings is 1. The lowest BCUT2D eigenvalue weighted by Gasteiger charge is -2.48. The third-order valence-corrected chi connectivity index (χ3v) is 6.75. The number of hydrogen-bond acceptors (Lipinski definition) is 3. The van der Waals surface area contributed by atoms with Gasteiger partial charge in [-0.1, -0.05) is 50.2 Å². The van der Waals surface area contributed by atoms with Crippen molar-refractivity contribution in [3.8, 4) is 0 Å². The molecule has 1 N–H and O–H groups in total. The Balaban J connectivity index is 1.81. The standard InChI is InChI=1S/C26H33F3N2O/c1-5-20-13-22(26(27,28)29)11-12-23(20)24(32)15-30-19(3)25(21-9-7-6-8-10-21)14-18(2)16-31(4)17-25/h6-13,18-19,30H,5,14-17H2,1-4H3/t18-,19?,25+/m0/s1. The summed E-state index contributed by atoms with van der Waals surface area (Å²) in [6.07, 6.45) is -3.04. The Morgan fingerprint density at radius 1 is 1.22 bits per heavy atom. The van der Waals surface area contributed by atoms with Gasteiger partial charge in [0.1, 0.15) is 0 Å². The maximum absolute atomic E-state index is 13.1. The second-order valence-electron chi connectivity index (χ2n) is 9.28. The Labute approximate surface area is 189 Å². The van der Waals surface area contributed by atoms with Crippen LogP contribution in [0.15, 0.2) is 48.5 Å². The van der Waals surface area contributed by atoms with Crippen molar-refractivity contribution in [2.24, 2.45) is 5.92 Å². The summed E-state index contributed by atoms with van der Waals surface area (Å²) in [6, 6.07) is 13.8. The number of carbonyl (C=O) groups excluding carboxylic acids is 1. The van der Waals surface area contributed by atoms with Crippen LogP contribution in [0, 0.1) is 5.92 Å². The highest BCUT2D eigenvalue weighted by Crippen LogP contribution is 2.39. The van der Waals surface area contributed by atoms with Gasteiger partial charge in [0.05, 0.1) is 12.1 Å². The van der Waals surface area contributed by atoms with Gasteiger partial charge >= 0.3 is 6.18 Å². The molecule has 0 amide bonds. The summed E-state index contributed by atoms with van der Waals surface area (Å²) in [7, 11) is 2.13. The van der Waals surface area contributed by atoms with Crippen LogP contribution < -0.4 is 5.32 Å². The molecule has 1 fully saturated rings. The highest BCUT2D eigenvalue weighted by Gasteiger charge is 2.43. The van der Waals surface area contributed by atoms with Crippen molar-refractivity contribution in [1.29, 1.82) is 0 Å². The molecule has 1 unspecified atom stereocenters. The van der Waals surface area contributed by atoms with E-state index >= 15 is 0 Å². The van der Waals surface area contributed by atoms with E-state index in [1.54, 1.807) is 6.92 Å². The van der Waals surface area contributed by atoms with E-state index in [0.29, 0.717) is 23.5 Å². The van der Waals surface area contributed by atoms with E-state index in [1.807, 2.05) is 18.2 Å². The van der Waals surface area contributed by atoms with Crippen LogP contribution in [0.4, 0.5) is 13.2 Å². The summed E-state index contributed by atoms with van der Waals surface area (Å²) in [6.45, 7) is 8.13. The number of rotatable bonds is 7. The molecule has 2 aromatic carbocycles. The van der Waals surface area contributed by atoms with Crippen LogP contribution in [0.1, 0.15) is 54.2 Å². The normalized spacial score (nSPS) is 23.2. The molecule has 3 atom stereocenters. The molecule has 3 rings (SSSR count). The molecule has 0 aromatic heterocycles. The van der Waals surface area contributed by atoms with Gasteiger partial charge in [-0.25, -0.2) is 0 Å². The molecule has 1 saturated heterocycles. The molecule has 0 spiro atoms. The highest BCUT2D eigenvalue weighted by molar-refractivity contribution is 5.99. The minimum atomic E-state index is -4.41. The smallest absolute Gasteiger partial charge is 0.306 e. The van der Waals surface area contributed by atoms with Gasteiger partial charge < -0.3 is 10.2 Å². The van der Waals surface area contributed by atoms with Gasteiger partial charge in [0.25, 0.3) is 0 Å². The van der Waals surface area contributed by atoms with Gasteiger partial charge in [0, 0.05) is 30.1 Å². The first-order chi connectivity index (χ1) is 15.1. The molecule has 0 aliphatic carbocycles. The zero-order chi connectivity index (χ0) is 23.5. The lowest BCUT2D eigenvalue weighted by atomic mass is 9.67. The van der Waals surface area contributed by atoms with E-state index in [0.717, 1.165) is 31.6 Å².